The topological polar surface area (TPSA) is 125 Å². The zero-order valence-electron chi connectivity index (χ0n) is 21.5. The SMILES string of the molecule is CCOCCCNC(=O)CN1CN(c2ccccc2)C2(CCN(C(=O)c3cccc([N+](=O)[O-])c3)CC2)C1=O. The second-order valence-electron chi connectivity index (χ2n) is 9.44. The van der Waals surface area contributed by atoms with Gasteiger partial charge in [0.05, 0.1) is 11.6 Å². The Balaban J connectivity index is 1.46. The van der Waals surface area contributed by atoms with Gasteiger partial charge in [-0.05, 0) is 44.4 Å². The van der Waals surface area contributed by atoms with Crippen LogP contribution in [0.5, 0.6) is 0 Å². The molecule has 4 rings (SSSR count). The van der Waals surface area contributed by atoms with E-state index in [4.69, 9.17) is 4.74 Å². The van der Waals surface area contributed by atoms with Crippen molar-refractivity contribution in [1.82, 2.24) is 15.1 Å². The Hall–Kier alpha value is -3.99. The van der Waals surface area contributed by atoms with Crippen LogP contribution in [0, 0.1) is 10.1 Å². The summed E-state index contributed by atoms with van der Waals surface area (Å²) in [6.07, 6.45) is 1.46. The van der Waals surface area contributed by atoms with E-state index in [2.05, 4.69) is 5.32 Å². The van der Waals surface area contributed by atoms with E-state index in [1.54, 1.807) is 15.9 Å². The quantitative estimate of drug-likeness (QED) is 0.288. The van der Waals surface area contributed by atoms with Crippen molar-refractivity contribution in [3.8, 4) is 0 Å². The summed E-state index contributed by atoms with van der Waals surface area (Å²) in [4.78, 5) is 55.4. The maximum Gasteiger partial charge on any atom is 0.270 e. The Bertz CT molecular complexity index is 1170. The second kappa shape index (κ2) is 12.0. The van der Waals surface area contributed by atoms with Gasteiger partial charge in [0.15, 0.2) is 0 Å². The van der Waals surface area contributed by atoms with E-state index in [-0.39, 0.29) is 42.2 Å². The Labute approximate surface area is 221 Å². The lowest BCUT2D eigenvalue weighted by Crippen LogP contribution is -2.57. The molecule has 2 aromatic rings. The molecule has 0 aliphatic carbocycles. The van der Waals surface area contributed by atoms with E-state index >= 15 is 0 Å². The number of carbonyl (C=O) groups excluding carboxylic acids is 3. The highest BCUT2D eigenvalue weighted by Gasteiger charge is 2.54. The lowest BCUT2D eigenvalue weighted by molar-refractivity contribution is -0.384. The number of nitro groups is 1. The molecule has 2 saturated heterocycles. The third-order valence-electron chi connectivity index (χ3n) is 7.09. The molecule has 0 atom stereocenters. The summed E-state index contributed by atoms with van der Waals surface area (Å²) in [6.45, 7) is 4.44. The fourth-order valence-corrected chi connectivity index (χ4v) is 5.11. The zero-order valence-corrected chi connectivity index (χ0v) is 21.5. The summed E-state index contributed by atoms with van der Waals surface area (Å²) >= 11 is 0. The smallest absolute Gasteiger partial charge is 0.270 e. The minimum absolute atomic E-state index is 0.0467. The van der Waals surface area contributed by atoms with Crippen molar-refractivity contribution >= 4 is 29.1 Å². The maximum atomic E-state index is 13.8. The number of non-ortho nitro benzene ring substituents is 1. The highest BCUT2D eigenvalue weighted by atomic mass is 16.6. The first-order valence-electron chi connectivity index (χ1n) is 12.9. The molecule has 3 amide bonds. The molecule has 2 aliphatic heterocycles. The van der Waals surface area contributed by atoms with Gasteiger partial charge in [-0.1, -0.05) is 24.3 Å². The van der Waals surface area contributed by atoms with Gasteiger partial charge in [0.2, 0.25) is 5.91 Å². The minimum atomic E-state index is -0.879. The van der Waals surface area contributed by atoms with Crippen LogP contribution in [0.15, 0.2) is 54.6 Å². The Morgan fingerprint density at radius 1 is 1.11 bits per heavy atom. The fourth-order valence-electron chi connectivity index (χ4n) is 5.11. The Kier molecular flexibility index (Phi) is 8.57. The summed E-state index contributed by atoms with van der Waals surface area (Å²) in [5.74, 6) is -0.657. The van der Waals surface area contributed by atoms with Crippen molar-refractivity contribution < 1.29 is 24.0 Å². The summed E-state index contributed by atoms with van der Waals surface area (Å²) in [5, 5.41) is 14.0. The largest absolute Gasteiger partial charge is 0.382 e. The van der Waals surface area contributed by atoms with Crippen molar-refractivity contribution in [3.63, 3.8) is 0 Å². The molecule has 2 fully saturated rings. The third kappa shape index (κ3) is 5.77. The fraction of sp³-hybridized carbons (Fsp3) is 0.444. The number of hydrogen-bond donors (Lipinski definition) is 1. The van der Waals surface area contributed by atoms with Gasteiger partial charge in [0.1, 0.15) is 12.1 Å². The van der Waals surface area contributed by atoms with Crippen molar-refractivity contribution in [2.45, 2.75) is 31.7 Å². The number of likely N-dealkylation sites (tertiary alicyclic amines) is 1. The summed E-state index contributed by atoms with van der Waals surface area (Å²) in [5.41, 5.74) is 0.0996. The predicted octanol–water partition coefficient (Wildman–Crippen LogP) is 2.42. The van der Waals surface area contributed by atoms with Gasteiger partial charge in [0, 0.05) is 56.2 Å². The minimum Gasteiger partial charge on any atom is -0.382 e. The Morgan fingerprint density at radius 2 is 1.84 bits per heavy atom. The van der Waals surface area contributed by atoms with E-state index in [1.165, 1.54) is 18.2 Å². The van der Waals surface area contributed by atoms with E-state index in [0.29, 0.717) is 52.1 Å². The number of amides is 3. The molecule has 0 aromatic heterocycles. The van der Waals surface area contributed by atoms with Crippen LogP contribution in [0.4, 0.5) is 11.4 Å². The van der Waals surface area contributed by atoms with Gasteiger partial charge in [-0.25, -0.2) is 0 Å². The molecule has 2 heterocycles. The molecular weight excluding hydrogens is 490 g/mol. The molecule has 2 aromatic carbocycles. The molecule has 0 radical (unpaired) electrons. The van der Waals surface area contributed by atoms with Crippen LogP contribution in [0.3, 0.4) is 0 Å². The highest BCUT2D eigenvalue weighted by molar-refractivity contribution is 5.98. The molecule has 1 spiro atoms. The number of anilines is 1. The summed E-state index contributed by atoms with van der Waals surface area (Å²) in [6, 6.07) is 15.3. The van der Waals surface area contributed by atoms with Crippen molar-refractivity contribution in [2.75, 3.05) is 51.0 Å². The van der Waals surface area contributed by atoms with Gasteiger partial charge in [0.25, 0.3) is 17.5 Å². The molecule has 202 valence electrons. The van der Waals surface area contributed by atoms with E-state index in [1.807, 2.05) is 42.2 Å². The molecule has 11 heteroatoms. The van der Waals surface area contributed by atoms with Crippen molar-refractivity contribution in [3.05, 3.63) is 70.3 Å². The molecule has 2 aliphatic rings. The predicted molar refractivity (Wildman–Crippen MR) is 141 cm³/mol. The average Bonchev–Trinajstić information content (AvgIpc) is 3.19. The molecule has 0 saturated carbocycles. The molecule has 11 nitrogen and oxygen atoms in total. The van der Waals surface area contributed by atoms with Crippen LogP contribution >= 0.6 is 0 Å². The number of carbonyl (C=O) groups is 3. The first-order valence-corrected chi connectivity index (χ1v) is 12.9. The number of para-hydroxylation sites is 1. The van der Waals surface area contributed by atoms with Crippen molar-refractivity contribution in [1.29, 1.82) is 0 Å². The van der Waals surface area contributed by atoms with Crippen LogP contribution in [-0.4, -0.2) is 84.0 Å². The van der Waals surface area contributed by atoms with Crippen LogP contribution in [-0.2, 0) is 14.3 Å². The number of benzene rings is 2. The molecule has 0 bridgehead atoms. The van der Waals surface area contributed by atoms with Gasteiger partial charge >= 0.3 is 0 Å². The maximum absolute atomic E-state index is 13.8. The first-order chi connectivity index (χ1) is 18.4. The second-order valence-corrected chi connectivity index (χ2v) is 9.44. The Morgan fingerprint density at radius 3 is 2.53 bits per heavy atom. The number of hydrogen-bond acceptors (Lipinski definition) is 7. The number of nitrogens with zero attached hydrogens (tertiary/aromatic N) is 4. The molecule has 38 heavy (non-hydrogen) atoms. The van der Waals surface area contributed by atoms with Crippen LogP contribution in [0.2, 0.25) is 0 Å². The first kappa shape index (κ1) is 27.1. The molecular formula is C27H33N5O6. The standard InChI is InChI=1S/C27H33N5O6/c1-2-38-17-7-14-28-24(33)19-30-20-31(22-9-4-3-5-10-22)27(26(30)35)12-15-29(16-13-27)25(34)21-8-6-11-23(18-21)32(36)37/h3-6,8-11,18H,2,7,12-17,19-20H2,1H3,(H,28,33). The summed E-state index contributed by atoms with van der Waals surface area (Å²) < 4.78 is 5.29. The van der Waals surface area contributed by atoms with Gasteiger partial charge in [-0.3, -0.25) is 24.5 Å². The van der Waals surface area contributed by atoms with Crippen LogP contribution in [0.25, 0.3) is 0 Å². The number of nitrogens with one attached hydrogen (secondary N) is 1. The normalized spacial score (nSPS) is 16.7. The third-order valence-corrected chi connectivity index (χ3v) is 7.09. The number of piperidine rings is 1. The van der Waals surface area contributed by atoms with Crippen LogP contribution < -0.4 is 10.2 Å². The van der Waals surface area contributed by atoms with Gasteiger partial charge in [-0.15, -0.1) is 0 Å². The van der Waals surface area contributed by atoms with E-state index < -0.39 is 10.5 Å². The van der Waals surface area contributed by atoms with Gasteiger partial charge < -0.3 is 24.8 Å². The number of ether oxygens (including phenoxy) is 1. The lowest BCUT2D eigenvalue weighted by atomic mass is 9.85. The molecule has 0 unspecified atom stereocenters. The highest BCUT2D eigenvalue weighted by Crippen LogP contribution is 2.39. The number of rotatable bonds is 10. The van der Waals surface area contributed by atoms with Gasteiger partial charge in [-0.2, -0.15) is 0 Å². The van der Waals surface area contributed by atoms with Crippen LogP contribution in [0.1, 0.15) is 36.5 Å². The monoisotopic (exact) mass is 523 g/mol. The zero-order chi connectivity index (χ0) is 27.1. The lowest BCUT2D eigenvalue weighted by Gasteiger charge is -2.43. The average molecular weight is 524 g/mol. The molecule has 1 N–H and O–H groups in total. The number of nitro benzene ring substituents is 1. The van der Waals surface area contributed by atoms with E-state index in [0.717, 1.165) is 5.69 Å². The van der Waals surface area contributed by atoms with Crippen molar-refractivity contribution in [2.24, 2.45) is 0 Å². The summed E-state index contributed by atoms with van der Waals surface area (Å²) in [7, 11) is 0. The van der Waals surface area contributed by atoms with E-state index in [9.17, 15) is 24.5 Å².